The van der Waals surface area contributed by atoms with Crippen LogP contribution in [0, 0.1) is 0 Å². The van der Waals surface area contributed by atoms with Crippen molar-refractivity contribution in [2.45, 2.75) is 38.5 Å². The van der Waals surface area contributed by atoms with E-state index in [4.69, 9.17) is 9.47 Å². The Balaban J connectivity index is 0.00000242. The number of hydrogen-bond acceptors (Lipinski definition) is 7. The lowest BCUT2D eigenvalue weighted by molar-refractivity contribution is -0.00407. The number of hydrogen-bond donors (Lipinski definition) is 0. The highest BCUT2D eigenvalue weighted by Gasteiger charge is 2.20. The van der Waals surface area contributed by atoms with Crippen LogP contribution in [0.2, 0.25) is 0 Å². The minimum Gasteiger partial charge on any atom is -0.494 e. The van der Waals surface area contributed by atoms with Gasteiger partial charge in [-0.3, -0.25) is 19.7 Å². The molecule has 0 saturated carbocycles. The molecular formula is C32H43Cl4N5O3. The van der Waals surface area contributed by atoms with Crippen molar-refractivity contribution >= 4 is 60.5 Å². The van der Waals surface area contributed by atoms with Crippen LogP contribution in [0.25, 0.3) is 10.9 Å². The first-order valence-corrected chi connectivity index (χ1v) is 14.2. The standard InChI is InChI=1S/C32H39N5O3.4ClH/c1-35-31-9-8-30(21-28(31)7-10-32(35)38)39-20-4-15-37(24-26-5-2-13-33-22-26)19-18-36-16-11-29(12-17-36)40-25-27-6-3-14-34-23-27;;;;/h2-3,5-10,13-14,21-23,29H,4,11-12,15-20,24-25H2,1H3;4*1H. The van der Waals surface area contributed by atoms with E-state index in [1.54, 1.807) is 23.9 Å². The normalized spacial score (nSPS) is 13.3. The molecule has 3 aromatic heterocycles. The molecule has 1 aliphatic rings. The Hall–Kier alpha value is -2.43. The minimum atomic E-state index is -0.00610. The molecule has 4 heterocycles. The van der Waals surface area contributed by atoms with Gasteiger partial charge >= 0.3 is 0 Å². The van der Waals surface area contributed by atoms with Crippen LogP contribution in [0.4, 0.5) is 0 Å². The molecule has 0 spiro atoms. The first-order valence-electron chi connectivity index (χ1n) is 14.2. The number of piperidine rings is 1. The Bertz CT molecular complexity index is 1410. The van der Waals surface area contributed by atoms with Gasteiger partial charge in [-0.15, -0.1) is 49.6 Å². The monoisotopic (exact) mass is 685 g/mol. The van der Waals surface area contributed by atoms with Gasteiger partial charge in [-0.2, -0.15) is 0 Å². The van der Waals surface area contributed by atoms with E-state index in [9.17, 15) is 4.79 Å². The van der Waals surface area contributed by atoms with Crippen molar-refractivity contribution in [2.75, 3.05) is 39.3 Å². The third-order valence-corrected chi connectivity index (χ3v) is 7.59. The highest BCUT2D eigenvalue weighted by molar-refractivity contribution is 5.86. The van der Waals surface area contributed by atoms with Gasteiger partial charge in [0.1, 0.15) is 5.75 Å². The van der Waals surface area contributed by atoms with E-state index in [1.165, 1.54) is 5.56 Å². The van der Waals surface area contributed by atoms with Crippen molar-refractivity contribution in [3.8, 4) is 5.75 Å². The van der Waals surface area contributed by atoms with Crippen LogP contribution in [-0.4, -0.2) is 69.8 Å². The largest absolute Gasteiger partial charge is 0.494 e. The smallest absolute Gasteiger partial charge is 0.250 e. The van der Waals surface area contributed by atoms with Gasteiger partial charge in [0.2, 0.25) is 0 Å². The summed E-state index contributed by atoms with van der Waals surface area (Å²) in [6.45, 7) is 7.27. The second-order valence-electron chi connectivity index (χ2n) is 10.5. The van der Waals surface area contributed by atoms with E-state index in [0.29, 0.717) is 19.3 Å². The molecule has 0 aliphatic carbocycles. The first-order chi connectivity index (χ1) is 19.6. The van der Waals surface area contributed by atoms with Gasteiger partial charge in [-0.1, -0.05) is 12.1 Å². The number of aryl methyl sites for hydroxylation is 1. The summed E-state index contributed by atoms with van der Waals surface area (Å²) in [7, 11) is 1.79. The summed E-state index contributed by atoms with van der Waals surface area (Å²) in [5.74, 6) is 0.832. The molecule has 0 atom stereocenters. The van der Waals surface area contributed by atoms with Crippen molar-refractivity contribution in [1.82, 2.24) is 24.3 Å². The summed E-state index contributed by atoms with van der Waals surface area (Å²) in [6, 6.07) is 17.5. The van der Waals surface area contributed by atoms with Crippen LogP contribution in [0.15, 0.2) is 84.2 Å². The topological polar surface area (TPSA) is 72.7 Å². The molecule has 1 fully saturated rings. The summed E-state index contributed by atoms with van der Waals surface area (Å²) in [5, 5.41) is 1.00. The van der Waals surface area contributed by atoms with Gasteiger partial charge in [0.15, 0.2) is 0 Å². The molecule has 1 aliphatic heterocycles. The Morgan fingerprint density at radius 3 is 2.27 bits per heavy atom. The fraction of sp³-hybridized carbons (Fsp3) is 0.406. The third-order valence-electron chi connectivity index (χ3n) is 7.59. The lowest BCUT2D eigenvalue weighted by Gasteiger charge is -2.33. The highest BCUT2D eigenvalue weighted by atomic mass is 35.5. The molecule has 1 saturated heterocycles. The van der Waals surface area contributed by atoms with Gasteiger partial charge in [0.05, 0.1) is 24.8 Å². The van der Waals surface area contributed by atoms with E-state index < -0.39 is 0 Å². The second kappa shape index (κ2) is 20.6. The third kappa shape index (κ3) is 11.8. The Morgan fingerprint density at radius 1 is 0.886 bits per heavy atom. The van der Waals surface area contributed by atoms with Crippen molar-refractivity contribution in [3.05, 3.63) is 101 Å². The molecule has 0 unspecified atom stereocenters. The zero-order valence-corrected chi connectivity index (χ0v) is 28.2. The fourth-order valence-corrected chi connectivity index (χ4v) is 5.23. The van der Waals surface area contributed by atoms with Gasteiger partial charge in [-0.25, -0.2) is 0 Å². The summed E-state index contributed by atoms with van der Waals surface area (Å²) < 4.78 is 13.9. The maximum absolute atomic E-state index is 11.9. The summed E-state index contributed by atoms with van der Waals surface area (Å²) >= 11 is 0. The molecule has 0 amide bonds. The van der Waals surface area contributed by atoms with E-state index in [1.807, 2.05) is 55.0 Å². The fourth-order valence-electron chi connectivity index (χ4n) is 5.23. The zero-order valence-electron chi connectivity index (χ0n) is 25.0. The Labute approximate surface area is 284 Å². The molecule has 0 radical (unpaired) electrons. The number of pyridine rings is 3. The van der Waals surface area contributed by atoms with Crippen molar-refractivity contribution in [3.63, 3.8) is 0 Å². The number of halogens is 4. The molecule has 0 bridgehead atoms. The molecular weight excluding hydrogens is 644 g/mol. The SMILES string of the molecule is Cl.Cl.Cl.Cl.Cn1c(=O)ccc2cc(OCCCN(CCN3CCC(OCc4cccnc4)CC3)Cc3cccnc3)ccc21. The van der Waals surface area contributed by atoms with Gasteiger partial charge in [0.25, 0.3) is 5.56 Å². The summed E-state index contributed by atoms with van der Waals surface area (Å²) in [4.78, 5) is 25.4. The Morgan fingerprint density at radius 2 is 1.59 bits per heavy atom. The quantitative estimate of drug-likeness (QED) is 0.161. The molecule has 12 heteroatoms. The lowest BCUT2D eigenvalue weighted by atomic mass is 10.1. The highest BCUT2D eigenvalue weighted by Crippen LogP contribution is 2.20. The molecule has 242 valence electrons. The first kappa shape index (κ1) is 39.6. The van der Waals surface area contributed by atoms with Crippen molar-refractivity contribution in [1.29, 1.82) is 0 Å². The van der Waals surface area contributed by atoms with Crippen LogP contribution in [0.5, 0.6) is 5.75 Å². The molecule has 8 nitrogen and oxygen atoms in total. The predicted octanol–water partition coefficient (Wildman–Crippen LogP) is 5.97. The number of aromatic nitrogens is 3. The van der Waals surface area contributed by atoms with Crippen molar-refractivity contribution in [2.24, 2.45) is 7.05 Å². The zero-order chi connectivity index (χ0) is 27.6. The Kier molecular flexibility index (Phi) is 18.5. The predicted molar refractivity (Wildman–Crippen MR) is 186 cm³/mol. The second-order valence-corrected chi connectivity index (χ2v) is 10.5. The van der Waals surface area contributed by atoms with Gasteiger partial charge in [-0.05, 0) is 66.8 Å². The van der Waals surface area contributed by atoms with Gasteiger partial charge in [0, 0.05) is 82.6 Å². The van der Waals surface area contributed by atoms with E-state index in [-0.39, 0.29) is 55.2 Å². The summed E-state index contributed by atoms with van der Waals surface area (Å²) in [6.07, 6.45) is 10.8. The average Bonchev–Trinajstić information content (AvgIpc) is 3.00. The maximum atomic E-state index is 11.9. The number of nitrogens with zero attached hydrogens (tertiary/aromatic N) is 5. The van der Waals surface area contributed by atoms with E-state index in [2.05, 4.69) is 31.9 Å². The van der Waals surface area contributed by atoms with Crippen LogP contribution in [-0.2, 0) is 24.9 Å². The number of rotatable bonds is 13. The molecule has 44 heavy (non-hydrogen) atoms. The van der Waals surface area contributed by atoms with Crippen LogP contribution in [0.3, 0.4) is 0 Å². The maximum Gasteiger partial charge on any atom is 0.250 e. The number of fused-ring (bicyclic) bond motifs is 1. The van der Waals surface area contributed by atoms with E-state index >= 15 is 0 Å². The lowest BCUT2D eigenvalue weighted by Crippen LogP contribution is -2.41. The van der Waals surface area contributed by atoms with Crippen LogP contribution < -0.4 is 10.3 Å². The molecule has 0 N–H and O–H groups in total. The number of ether oxygens (including phenoxy) is 2. The average molecular weight is 688 g/mol. The van der Waals surface area contributed by atoms with Crippen molar-refractivity contribution < 1.29 is 9.47 Å². The van der Waals surface area contributed by atoms with Crippen LogP contribution in [0.1, 0.15) is 30.4 Å². The van der Waals surface area contributed by atoms with Crippen LogP contribution >= 0.6 is 49.6 Å². The van der Waals surface area contributed by atoms with Gasteiger partial charge < -0.3 is 18.9 Å². The summed E-state index contributed by atoms with van der Waals surface area (Å²) in [5.41, 5.74) is 3.26. The molecule has 5 rings (SSSR count). The number of benzene rings is 1. The van der Waals surface area contributed by atoms with E-state index in [0.717, 1.165) is 80.7 Å². The number of likely N-dealkylation sites (tertiary alicyclic amines) is 1. The minimum absolute atomic E-state index is 0. The molecule has 4 aromatic rings. The molecule has 1 aromatic carbocycles.